The molecule has 0 fully saturated rings. The number of nitrogens with one attached hydrogen (secondary N) is 1. The Kier molecular flexibility index (Phi) is 5.28. The first-order chi connectivity index (χ1) is 9.51. The molecule has 0 radical (unpaired) electrons. The summed E-state index contributed by atoms with van der Waals surface area (Å²) in [6, 6.07) is 3.30. The van der Waals surface area contributed by atoms with Gasteiger partial charge in [-0.3, -0.25) is 4.79 Å². The zero-order chi connectivity index (χ0) is 15.1. The number of hydrogen-bond acceptors (Lipinski definition) is 5. The van der Waals surface area contributed by atoms with Crippen molar-refractivity contribution < 1.29 is 19.1 Å². The molecule has 1 aromatic rings. The van der Waals surface area contributed by atoms with Gasteiger partial charge in [0.2, 0.25) is 5.88 Å². The van der Waals surface area contributed by atoms with Crippen molar-refractivity contribution in [2.45, 2.75) is 6.10 Å². The average Bonchev–Trinajstić information content (AvgIpc) is 2.44. The maximum atomic E-state index is 11.9. The van der Waals surface area contributed by atoms with Gasteiger partial charge in [-0.25, -0.2) is 4.79 Å². The van der Waals surface area contributed by atoms with Crippen LogP contribution in [-0.2, 0) is 9.53 Å². The van der Waals surface area contributed by atoms with E-state index in [1.54, 1.807) is 12.1 Å². The summed E-state index contributed by atoms with van der Waals surface area (Å²) in [7, 11) is 1.45. The van der Waals surface area contributed by atoms with Crippen LogP contribution in [0.15, 0.2) is 31.4 Å². The van der Waals surface area contributed by atoms with Crippen LogP contribution in [-0.4, -0.2) is 30.2 Å². The molecule has 20 heavy (non-hydrogen) atoms. The first-order valence-electron chi connectivity index (χ1n) is 5.58. The molecule has 106 valence electrons. The van der Waals surface area contributed by atoms with E-state index in [4.69, 9.17) is 10.5 Å². The number of pyridine rings is 1. The van der Waals surface area contributed by atoms with Crippen LogP contribution in [0, 0.1) is 0 Å². The highest BCUT2D eigenvalue weighted by Crippen LogP contribution is 2.19. The molecule has 0 bridgehead atoms. The third-order valence-corrected chi connectivity index (χ3v) is 2.29. The Balaban J connectivity index is 2.95. The van der Waals surface area contributed by atoms with Gasteiger partial charge in [-0.2, -0.15) is 4.98 Å². The minimum Gasteiger partial charge on any atom is -0.481 e. The first-order valence-corrected chi connectivity index (χ1v) is 5.58. The summed E-state index contributed by atoms with van der Waals surface area (Å²) in [6.45, 7) is 7.00. The number of rotatable bonds is 6. The first kappa shape index (κ1) is 15.2. The monoisotopic (exact) mass is 277 g/mol. The Morgan fingerprint density at radius 3 is 2.65 bits per heavy atom. The molecule has 0 aliphatic carbocycles. The van der Waals surface area contributed by atoms with Crippen molar-refractivity contribution >= 4 is 23.9 Å². The molecule has 1 aromatic heterocycles. The van der Waals surface area contributed by atoms with Crippen LogP contribution in [0.2, 0.25) is 0 Å². The number of anilines is 1. The molecular formula is C13H15N3O4. The summed E-state index contributed by atoms with van der Waals surface area (Å²) in [5.41, 5.74) is 5.45. The van der Waals surface area contributed by atoms with Crippen molar-refractivity contribution in [1.29, 1.82) is 0 Å². The quantitative estimate of drug-likeness (QED) is 0.763. The maximum Gasteiger partial charge on any atom is 0.405 e. The molecule has 2 amide bonds. The van der Waals surface area contributed by atoms with Crippen molar-refractivity contribution in [3.8, 4) is 5.88 Å². The van der Waals surface area contributed by atoms with Gasteiger partial charge in [-0.05, 0) is 12.1 Å². The van der Waals surface area contributed by atoms with Gasteiger partial charge in [-0.15, -0.1) is 0 Å². The summed E-state index contributed by atoms with van der Waals surface area (Å²) in [4.78, 5) is 26.7. The van der Waals surface area contributed by atoms with Crippen molar-refractivity contribution in [1.82, 2.24) is 4.98 Å². The number of carbonyl (C=O) groups is 2. The molecule has 1 rings (SSSR count). The Morgan fingerprint density at radius 1 is 1.45 bits per heavy atom. The van der Waals surface area contributed by atoms with Gasteiger partial charge < -0.3 is 20.5 Å². The van der Waals surface area contributed by atoms with Gasteiger partial charge in [0.05, 0.1) is 7.11 Å². The Morgan fingerprint density at radius 2 is 2.15 bits per heavy atom. The highest BCUT2D eigenvalue weighted by atomic mass is 16.6. The van der Waals surface area contributed by atoms with Crippen LogP contribution in [0.4, 0.5) is 10.6 Å². The Hall–Kier alpha value is -2.83. The van der Waals surface area contributed by atoms with E-state index in [2.05, 4.69) is 28.2 Å². The predicted molar refractivity (Wildman–Crippen MR) is 74.2 cm³/mol. The number of amides is 2. The van der Waals surface area contributed by atoms with Crippen LogP contribution < -0.4 is 15.8 Å². The molecule has 0 saturated carbocycles. The van der Waals surface area contributed by atoms with Gasteiger partial charge in [0.1, 0.15) is 5.82 Å². The summed E-state index contributed by atoms with van der Waals surface area (Å²) in [5.74, 6) is -0.0937. The average molecular weight is 277 g/mol. The molecule has 3 N–H and O–H groups in total. The third kappa shape index (κ3) is 3.84. The van der Waals surface area contributed by atoms with Crippen LogP contribution in [0.25, 0.3) is 6.08 Å². The summed E-state index contributed by atoms with van der Waals surface area (Å²) in [6.07, 6.45) is 0.374. The number of nitrogens with two attached hydrogens (primary N) is 1. The zero-order valence-corrected chi connectivity index (χ0v) is 11.0. The molecule has 7 nitrogen and oxygen atoms in total. The fourth-order valence-electron chi connectivity index (χ4n) is 1.35. The van der Waals surface area contributed by atoms with Gasteiger partial charge in [0, 0.05) is 11.6 Å². The highest BCUT2D eigenvalue weighted by Gasteiger charge is 2.20. The second-order valence-corrected chi connectivity index (χ2v) is 3.58. The van der Waals surface area contributed by atoms with Crippen molar-refractivity contribution in [2.75, 3.05) is 12.4 Å². The normalized spacial score (nSPS) is 11.1. The van der Waals surface area contributed by atoms with Gasteiger partial charge in [-0.1, -0.05) is 19.2 Å². The van der Waals surface area contributed by atoms with Crippen LogP contribution in [0.1, 0.15) is 5.56 Å². The van der Waals surface area contributed by atoms with Crippen molar-refractivity contribution in [3.05, 3.63) is 36.9 Å². The number of ether oxygens (including phenoxy) is 2. The SMILES string of the molecule is C=Cc1ccc(OC)nc1NC(=O)[C@H](C=C)OC(N)=O. The minimum atomic E-state index is -1.21. The molecule has 0 aliphatic heterocycles. The third-order valence-electron chi connectivity index (χ3n) is 2.29. The molecule has 7 heteroatoms. The zero-order valence-electron chi connectivity index (χ0n) is 11.0. The molecule has 0 aliphatic rings. The van der Waals surface area contributed by atoms with E-state index in [-0.39, 0.29) is 5.82 Å². The van der Waals surface area contributed by atoms with E-state index in [1.807, 2.05) is 0 Å². The second kappa shape index (κ2) is 6.93. The van der Waals surface area contributed by atoms with Gasteiger partial charge >= 0.3 is 6.09 Å². The molecule has 1 heterocycles. The highest BCUT2D eigenvalue weighted by molar-refractivity contribution is 5.97. The van der Waals surface area contributed by atoms with Crippen LogP contribution >= 0.6 is 0 Å². The predicted octanol–water partition coefficient (Wildman–Crippen LogP) is 1.32. The topological polar surface area (TPSA) is 104 Å². The summed E-state index contributed by atoms with van der Waals surface area (Å²) >= 11 is 0. The van der Waals surface area contributed by atoms with Crippen LogP contribution in [0.5, 0.6) is 5.88 Å². The van der Waals surface area contributed by atoms with Crippen LogP contribution in [0.3, 0.4) is 0 Å². The van der Waals surface area contributed by atoms with Crippen molar-refractivity contribution in [2.24, 2.45) is 5.73 Å². The lowest BCUT2D eigenvalue weighted by Crippen LogP contribution is -2.33. The fourth-order valence-corrected chi connectivity index (χ4v) is 1.35. The molecule has 0 unspecified atom stereocenters. The molecular weight excluding hydrogens is 262 g/mol. The van der Waals surface area contributed by atoms with E-state index >= 15 is 0 Å². The molecule has 0 aromatic carbocycles. The summed E-state index contributed by atoms with van der Waals surface area (Å²) < 4.78 is 9.55. The Labute approximate surface area is 116 Å². The molecule has 0 spiro atoms. The van der Waals surface area contributed by atoms with E-state index in [0.29, 0.717) is 11.4 Å². The van der Waals surface area contributed by atoms with E-state index in [9.17, 15) is 9.59 Å². The number of carbonyl (C=O) groups excluding carboxylic acids is 2. The van der Waals surface area contributed by atoms with E-state index < -0.39 is 18.1 Å². The molecule has 1 atom stereocenters. The van der Waals surface area contributed by atoms with E-state index in [1.165, 1.54) is 13.2 Å². The van der Waals surface area contributed by atoms with E-state index in [0.717, 1.165) is 6.08 Å². The maximum absolute atomic E-state index is 11.9. The number of nitrogens with zero attached hydrogens (tertiary/aromatic N) is 1. The lowest BCUT2D eigenvalue weighted by Gasteiger charge is -2.14. The van der Waals surface area contributed by atoms with Gasteiger partial charge in [0.25, 0.3) is 5.91 Å². The van der Waals surface area contributed by atoms with Crippen molar-refractivity contribution in [3.63, 3.8) is 0 Å². The number of hydrogen-bond donors (Lipinski definition) is 2. The Bertz CT molecular complexity index is 542. The standard InChI is InChI=1S/C13H15N3O4/c1-4-8-6-7-10(19-3)15-11(8)16-12(17)9(5-2)20-13(14)18/h4-7,9H,1-2H2,3H3,(H2,14,18)(H,15,16,17)/t9-/m0/s1. The molecule has 0 saturated heterocycles. The second-order valence-electron chi connectivity index (χ2n) is 3.58. The number of aromatic nitrogens is 1. The summed E-state index contributed by atoms with van der Waals surface area (Å²) in [5, 5.41) is 2.49. The fraction of sp³-hybridized carbons (Fsp3) is 0.154. The largest absolute Gasteiger partial charge is 0.481 e. The lowest BCUT2D eigenvalue weighted by atomic mass is 10.2. The smallest absolute Gasteiger partial charge is 0.405 e. The number of methoxy groups -OCH3 is 1. The minimum absolute atomic E-state index is 0.226. The van der Waals surface area contributed by atoms with Gasteiger partial charge in [0.15, 0.2) is 6.10 Å². The number of primary amides is 1. The lowest BCUT2D eigenvalue weighted by molar-refractivity contribution is -0.122.